The van der Waals surface area contributed by atoms with Crippen molar-refractivity contribution in [3.63, 3.8) is 0 Å². The highest BCUT2D eigenvalue weighted by molar-refractivity contribution is 6.39. The highest BCUT2D eigenvalue weighted by Gasteiger charge is 2.29. The highest BCUT2D eigenvalue weighted by atomic mass is 35.5. The Kier molecular flexibility index (Phi) is 12.1. The van der Waals surface area contributed by atoms with Crippen LogP contribution < -0.4 is 15.6 Å². The molecule has 15 heteroatoms. The van der Waals surface area contributed by atoms with Gasteiger partial charge in [0.2, 0.25) is 11.8 Å². The van der Waals surface area contributed by atoms with E-state index in [2.05, 4.69) is 5.32 Å². The normalized spacial score (nSPS) is 15.0. The van der Waals surface area contributed by atoms with E-state index >= 15 is 0 Å². The maximum Gasteiger partial charge on any atom is 0.410 e. The number of amides is 2. The number of aromatic nitrogens is 4. The first-order valence-electron chi connectivity index (χ1n) is 18.4. The van der Waals surface area contributed by atoms with Gasteiger partial charge < -0.3 is 24.8 Å². The van der Waals surface area contributed by atoms with Crippen LogP contribution in [0.15, 0.2) is 65.6 Å². The van der Waals surface area contributed by atoms with Crippen molar-refractivity contribution in [2.45, 2.75) is 71.4 Å². The van der Waals surface area contributed by atoms with Gasteiger partial charge in [-0.2, -0.15) is 5.10 Å². The van der Waals surface area contributed by atoms with E-state index in [-0.39, 0.29) is 30.6 Å². The van der Waals surface area contributed by atoms with E-state index in [1.165, 1.54) is 11.7 Å². The fraction of sp³-hybridized carbons (Fsp3) is 0.390. The van der Waals surface area contributed by atoms with Gasteiger partial charge in [0.05, 0.1) is 42.0 Å². The molecule has 0 radical (unpaired) electrons. The molecule has 5 aromatic rings. The van der Waals surface area contributed by atoms with Crippen molar-refractivity contribution >= 4 is 40.7 Å². The molecule has 4 heterocycles. The molecule has 3 aromatic heterocycles. The largest absolute Gasteiger partial charge is 0.481 e. The zero-order chi connectivity index (χ0) is 40.5. The van der Waals surface area contributed by atoms with E-state index in [9.17, 15) is 19.5 Å². The van der Waals surface area contributed by atoms with Crippen LogP contribution in [0.4, 0.5) is 4.79 Å². The first kappa shape index (κ1) is 40.7. The van der Waals surface area contributed by atoms with Gasteiger partial charge in [0.1, 0.15) is 16.9 Å². The Hall–Kier alpha value is -4.95. The summed E-state index contributed by atoms with van der Waals surface area (Å²) in [6.07, 6.45) is 1.79. The van der Waals surface area contributed by atoms with Crippen molar-refractivity contribution in [1.82, 2.24) is 34.3 Å². The summed E-state index contributed by atoms with van der Waals surface area (Å²) in [4.78, 5) is 46.9. The van der Waals surface area contributed by atoms with Gasteiger partial charge in [-0.1, -0.05) is 59.6 Å². The third-order valence-electron chi connectivity index (χ3n) is 9.47. The Labute approximate surface area is 335 Å². The first-order valence-corrected chi connectivity index (χ1v) is 19.1. The van der Waals surface area contributed by atoms with Gasteiger partial charge in [-0.05, 0) is 59.4 Å². The lowest BCUT2D eigenvalue weighted by atomic mass is 9.97. The molecule has 13 nitrogen and oxygen atoms in total. The zero-order valence-corrected chi connectivity index (χ0v) is 34.1. The van der Waals surface area contributed by atoms with Crippen LogP contribution >= 0.6 is 23.2 Å². The molecule has 2 aromatic carbocycles. The van der Waals surface area contributed by atoms with E-state index in [1.54, 1.807) is 56.4 Å². The lowest BCUT2D eigenvalue weighted by Crippen LogP contribution is -2.43. The second-order valence-corrected chi connectivity index (χ2v) is 16.0. The van der Waals surface area contributed by atoms with Gasteiger partial charge in [0.25, 0.3) is 5.56 Å². The van der Waals surface area contributed by atoms with E-state index in [0.717, 1.165) is 0 Å². The van der Waals surface area contributed by atoms with Gasteiger partial charge in [0.15, 0.2) is 0 Å². The molecule has 1 saturated heterocycles. The molecule has 2 atom stereocenters. The summed E-state index contributed by atoms with van der Waals surface area (Å²) in [6.45, 7) is 8.36. The fourth-order valence-corrected chi connectivity index (χ4v) is 7.51. The monoisotopic (exact) mass is 803 g/mol. The van der Waals surface area contributed by atoms with Gasteiger partial charge in [0, 0.05) is 72.2 Å². The molecule has 56 heavy (non-hydrogen) atoms. The minimum Gasteiger partial charge on any atom is -0.481 e. The smallest absolute Gasteiger partial charge is 0.410 e. The lowest BCUT2D eigenvalue weighted by molar-refractivity contribution is -0.119. The number of methoxy groups -OCH3 is 1. The number of hydrogen-bond acceptors (Lipinski definition) is 9. The standard InChI is InChI=1S/C41H47Cl2N7O6/c1-24(51)19-47(5)23-34-46-50-21-26(18-33(50)39(53)48(34)6)28-10-8-11-29(36(28)42)30-12-9-13-31(37(30)43)32-16-14-25(38(45-32)55-7)20-49(40(54)56-41(2,3)4)22-27-15-17-35(52)44-27/h8-14,16,18,21,24,27,51H,15,17,19-20,22-23H2,1-7H3,(H,44,52)/t24?,27-/m0/s1. The average molecular weight is 805 g/mol. The van der Waals surface area contributed by atoms with Gasteiger partial charge in [-0.25, -0.2) is 14.3 Å². The number of hydrogen-bond donors (Lipinski definition) is 2. The van der Waals surface area contributed by atoms with Crippen LogP contribution in [0.1, 0.15) is 51.9 Å². The van der Waals surface area contributed by atoms with Crippen molar-refractivity contribution in [1.29, 1.82) is 0 Å². The number of halogens is 2. The van der Waals surface area contributed by atoms with Gasteiger partial charge >= 0.3 is 6.09 Å². The summed E-state index contributed by atoms with van der Waals surface area (Å²) in [5, 5.41) is 18.3. The van der Waals surface area contributed by atoms with E-state index in [4.69, 9.17) is 42.8 Å². The molecule has 1 aliphatic rings. The Morgan fingerprint density at radius 2 is 1.70 bits per heavy atom. The number of nitrogens with zero attached hydrogens (tertiary/aromatic N) is 6. The molecular formula is C41H47Cl2N7O6. The highest BCUT2D eigenvalue weighted by Crippen LogP contribution is 2.42. The summed E-state index contributed by atoms with van der Waals surface area (Å²) in [7, 11) is 5.06. The number of benzene rings is 2. The number of carbonyl (C=O) groups is 2. The van der Waals surface area contributed by atoms with Crippen LogP contribution in [0.25, 0.3) is 39.0 Å². The van der Waals surface area contributed by atoms with E-state index < -0.39 is 17.8 Å². The maximum absolute atomic E-state index is 13.4. The molecule has 296 valence electrons. The predicted octanol–water partition coefficient (Wildman–Crippen LogP) is 6.57. The average Bonchev–Trinajstić information content (AvgIpc) is 3.75. The van der Waals surface area contributed by atoms with Crippen LogP contribution in [0.3, 0.4) is 0 Å². The van der Waals surface area contributed by atoms with Crippen molar-refractivity contribution in [3.8, 4) is 39.4 Å². The molecule has 2 N–H and O–H groups in total. The maximum atomic E-state index is 13.4. The van der Waals surface area contributed by atoms with Crippen molar-refractivity contribution in [3.05, 3.63) is 92.6 Å². The summed E-state index contributed by atoms with van der Waals surface area (Å²) in [6, 6.07) is 16.5. The van der Waals surface area contributed by atoms with Gasteiger partial charge in [-0.15, -0.1) is 0 Å². The Morgan fingerprint density at radius 3 is 2.32 bits per heavy atom. The van der Waals surface area contributed by atoms with Crippen LogP contribution in [-0.4, -0.2) is 91.1 Å². The summed E-state index contributed by atoms with van der Waals surface area (Å²) >= 11 is 14.3. The summed E-state index contributed by atoms with van der Waals surface area (Å²) < 4.78 is 14.5. The molecule has 0 bridgehead atoms. The Bertz CT molecular complexity index is 2330. The first-order chi connectivity index (χ1) is 26.5. The molecule has 2 amide bonds. The molecule has 0 spiro atoms. The third kappa shape index (κ3) is 9.02. The number of rotatable bonds is 12. The van der Waals surface area contributed by atoms with E-state index in [0.29, 0.717) is 92.3 Å². The number of carbonyl (C=O) groups excluding carboxylic acids is 2. The van der Waals surface area contributed by atoms with Gasteiger partial charge in [-0.3, -0.25) is 19.1 Å². The molecule has 0 aliphatic carbocycles. The number of ether oxygens (including phenoxy) is 2. The summed E-state index contributed by atoms with van der Waals surface area (Å²) in [5.41, 5.74) is 4.09. The second-order valence-electron chi connectivity index (χ2n) is 15.2. The van der Waals surface area contributed by atoms with E-state index in [1.807, 2.05) is 60.5 Å². The third-order valence-corrected chi connectivity index (χ3v) is 10.3. The number of fused-ring (bicyclic) bond motifs is 1. The fourth-order valence-electron chi connectivity index (χ4n) is 6.85. The molecule has 1 aliphatic heterocycles. The minimum absolute atomic E-state index is 0.0406. The second kappa shape index (κ2) is 16.6. The number of likely N-dealkylation sites (N-methyl/N-ethyl adjacent to an activating group) is 1. The zero-order valence-electron chi connectivity index (χ0n) is 32.6. The quantitative estimate of drug-likeness (QED) is 0.143. The lowest BCUT2D eigenvalue weighted by Gasteiger charge is -2.29. The Morgan fingerprint density at radius 1 is 1.04 bits per heavy atom. The van der Waals surface area contributed by atoms with Crippen LogP contribution in [0.2, 0.25) is 10.0 Å². The molecule has 1 fully saturated rings. The number of aliphatic hydroxyl groups is 1. The minimum atomic E-state index is -0.710. The molecular weight excluding hydrogens is 757 g/mol. The van der Waals surface area contributed by atoms with Crippen molar-refractivity contribution < 1.29 is 24.2 Å². The summed E-state index contributed by atoms with van der Waals surface area (Å²) in [5.74, 6) is 0.821. The number of aliphatic hydroxyl groups excluding tert-OH is 1. The van der Waals surface area contributed by atoms with Crippen LogP contribution in [0, 0.1) is 0 Å². The molecule has 6 rings (SSSR count). The van der Waals surface area contributed by atoms with Crippen LogP contribution in [-0.2, 0) is 29.7 Å². The predicted molar refractivity (Wildman–Crippen MR) is 217 cm³/mol. The van der Waals surface area contributed by atoms with Crippen molar-refractivity contribution in [2.75, 3.05) is 27.2 Å². The Balaban J connectivity index is 1.30. The molecule has 1 unspecified atom stereocenters. The SMILES string of the molecule is COc1nc(-c2cccc(-c3cccc(-c4cc5c(=O)n(C)c(CN(C)CC(C)O)nn5c4)c3Cl)c2Cl)ccc1CN(C[C@@H]1CCC(=O)N1)C(=O)OC(C)(C)C. The number of nitrogens with one attached hydrogen (secondary N) is 1. The van der Waals surface area contributed by atoms with Crippen LogP contribution in [0.5, 0.6) is 5.88 Å². The molecule has 0 saturated carbocycles. The number of pyridine rings is 1. The van der Waals surface area contributed by atoms with Crippen molar-refractivity contribution in [2.24, 2.45) is 7.05 Å². The topological polar surface area (TPSA) is 144 Å².